The highest BCUT2D eigenvalue weighted by Gasteiger charge is 2.24. The number of nitrogens with zero attached hydrogens (tertiary/aromatic N) is 2. The Hall–Kier alpha value is -2.89. The van der Waals surface area contributed by atoms with Gasteiger partial charge in [0.1, 0.15) is 12.4 Å². The highest BCUT2D eigenvalue weighted by atomic mass is 19.1. The molecule has 6 heteroatoms. The third kappa shape index (κ3) is 3.94. The molecule has 0 radical (unpaired) electrons. The van der Waals surface area contributed by atoms with Gasteiger partial charge >= 0.3 is 0 Å². The van der Waals surface area contributed by atoms with E-state index < -0.39 is 11.4 Å². The van der Waals surface area contributed by atoms with E-state index in [0.717, 1.165) is 11.1 Å². The molecule has 0 atom stereocenters. The lowest BCUT2D eigenvalue weighted by Gasteiger charge is -2.24. The van der Waals surface area contributed by atoms with Crippen molar-refractivity contribution in [3.63, 3.8) is 0 Å². The molecule has 5 nitrogen and oxygen atoms in total. The van der Waals surface area contributed by atoms with E-state index in [4.69, 9.17) is 0 Å². The lowest BCUT2D eigenvalue weighted by Crippen LogP contribution is -2.39. The Morgan fingerprint density at radius 2 is 1.78 bits per heavy atom. The Morgan fingerprint density at radius 3 is 2.41 bits per heavy atom. The van der Waals surface area contributed by atoms with E-state index in [-0.39, 0.29) is 23.4 Å². The minimum atomic E-state index is -0.552. The van der Waals surface area contributed by atoms with Crippen LogP contribution in [0.2, 0.25) is 0 Å². The lowest BCUT2D eigenvalue weighted by molar-refractivity contribution is -0.122. The van der Waals surface area contributed by atoms with Gasteiger partial charge in [0.25, 0.3) is 5.56 Å². The zero-order valence-electron chi connectivity index (χ0n) is 16.0. The van der Waals surface area contributed by atoms with E-state index in [1.807, 2.05) is 52.0 Å². The van der Waals surface area contributed by atoms with Gasteiger partial charge in [0, 0.05) is 6.54 Å². The van der Waals surface area contributed by atoms with Crippen molar-refractivity contribution < 1.29 is 9.18 Å². The van der Waals surface area contributed by atoms with E-state index in [1.165, 1.54) is 16.8 Å². The van der Waals surface area contributed by atoms with E-state index in [1.54, 1.807) is 10.7 Å². The summed E-state index contributed by atoms with van der Waals surface area (Å²) in [5.74, 6) is -0.684. The van der Waals surface area contributed by atoms with Gasteiger partial charge in [-0.3, -0.25) is 14.3 Å². The van der Waals surface area contributed by atoms with Crippen LogP contribution in [-0.4, -0.2) is 15.3 Å². The predicted molar refractivity (Wildman–Crippen MR) is 104 cm³/mol. The molecule has 1 heterocycles. The topological polar surface area (TPSA) is 56.0 Å². The first-order chi connectivity index (χ1) is 12.7. The molecule has 0 fully saturated rings. The van der Waals surface area contributed by atoms with Crippen molar-refractivity contribution in [2.75, 3.05) is 0 Å². The standard InChI is InChI=1S/C21H24FN3O2/c1-14-5-7-15(8-6-14)12-23-19(26)13-24-18-10-9-16(22)11-17(18)20(27)25(24)21(2,3)4/h5-11H,12-13H2,1-4H3,(H,23,26). The summed E-state index contributed by atoms with van der Waals surface area (Å²) in [5.41, 5.74) is 1.85. The van der Waals surface area contributed by atoms with Gasteiger partial charge in [-0.2, -0.15) is 0 Å². The van der Waals surface area contributed by atoms with Crippen LogP contribution in [0.15, 0.2) is 47.3 Å². The number of aryl methyl sites for hydroxylation is 1. The molecule has 27 heavy (non-hydrogen) atoms. The van der Waals surface area contributed by atoms with E-state index in [0.29, 0.717) is 12.1 Å². The number of carbonyl (C=O) groups excluding carboxylic acids is 1. The van der Waals surface area contributed by atoms with Crippen molar-refractivity contribution in [3.8, 4) is 0 Å². The molecule has 142 valence electrons. The van der Waals surface area contributed by atoms with E-state index in [2.05, 4.69) is 5.32 Å². The first-order valence-electron chi connectivity index (χ1n) is 8.90. The molecule has 0 bridgehead atoms. The molecule has 0 saturated heterocycles. The second-order valence-electron chi connectivity index (χ2n) is 7.77. The minimum absolute atomic E-state index is 0.0203. The quantitative estimate of drug-likeness (QED) is 0.767. The fraction of sp³-hybridized carbons (Fsp3) is 0.333. The summed E-state index contributed by atoms with van der Waals surface area (Å²) in [7, 11) is 0. The summed E-state index contributed by atoms with van der Waals surface area (Å²) in [5, 5.41) is 3.16. The van der Waals surface area contributed by atoms with Gasteiger partial charge in [-0.25, -0.2) is 9.07 Å². The highest BCUT2D eigenvalue weighted by Crippen LogP contribution is 2.19. The second-order valence-corrected chi connectivity index (χ2v) is 7.77. The van der Waals surface area contributed by atoms with Crippen LogP contribution >= 0.6 is 0 Å². The molecule has 0 aliphatic rings. The predicted octanol–water partition coefficient (Wildman–Crippen LogP) is 3.32. The molecular weight excluding hydrogens is 345 g/mol. The number of amides is 1. The summed E-state index contributed by atoms with van der Waals surface area (Å²) >= 11 is 0. The Morgan fingerprint density at radius 1 is 1.11 bits per heavy atom. The fourth-order valence-corrected chi connectivity index (χ4v) is 3.16. The zero-order chi connectivity index (χ0) is 19.8. The molecule has 0 saturated carbocycles. The van der Waals surface area contributed by atoms with Crippen LogP contribution in [0.4, 0.5) is 4.39 Å². The van der Waals surface area contributed by atoms with Crippen molar-refractivity contribution >= 4 is 16.8 Å². The number of nitrogens with one attached hydrogen (secondary N) is 1. The van der Waals surface area contributed by atoms with Crippen LogP contribution in [0.1, 0.15) is 31.9 Å². The SMILES string of the molecule is Cc1ccc(CNC(=O)Cn2c3ccc(F)cc3c(=O)n2C(C)(C)C)cc1. The van der Waals surface area contributed by atoms with Gasteiger partial charge in [0.15, 0.2) is 0 Å². The Bertz CT molecular complexity index is 1040. The number of rotatable bonds is 4. The molecule has 1 N–H and O–H groups in total. The van der Waals surface area contributed by atoms with Crippen LogP contribution in [0, 0.1) is 12.7 Å². The van der Waals surface area contributed by atoms with Gasteiger partial charge in [0.05, 0.1) is 16.4 Å². The Labute approximate surface area is 157 Å². The first kappa shape index (κ1) is 18.9. The lowest BCUT2D eigenvalue weighted by atomic mass is 10.1. The fourth-order valence-electron chi connectivity index (χ4n) is 3.16. The summed E-state index contributed by atoms with van der Waals surface area (Å²) in [6.45, 7) is 8.04. The largest absolute Gasteiger partial charge is 0.350 e. The molecule has 2 aromatic carbocycles. The summed E-state index contributed by atoms with van der Waals surface area (Å²) < 4.78 is 16.8. The molecule has 3 aromatic rings. The van der Waals surface area contributed by atoms with Crippen molar-refractivity contribution in [2.45, 2.75) is 46.3 Å². The first-order valence-corrected chi connectivity index (χ1v) is 8.90. The summed E-state index contributed by atoms with van der Waals surface area (Å²) in [6, 6.07) is 12.0. The van der Waals surface area contributed by atoms with Crippen molar-refractivity contribution in [1.82, 2.24) is 14.7 Å². The average Bonchev–Trinajstić information content (AvgIpc) is 2.86. The van der Waals surface area contributed by atoms with Gasteiger partial charge < -0.3 is 5.32 Å². The molecule has 0 aliphatic heterocycles. The van der Waals surface area contributed by atoms with Gasteiger partial charge in [-0.1, -0.05) is 29.8 Å². The maximum atomic E-state index is 13.6. The van der Waals surface area contributed by atoms with E-state index >= 15 is 0 Å². The van der Waals surface area contributed by atoms with Crippen molar-refractivity contribution in [2.24, 2.45) is 0 Å². The molecule has 1 aromatic heterocycles. The molecular formula is C21H24FN3O2. The van der Waals surface area contributed by atoms with Crippen LogP contribution in [0.3, 0.4) is 0 Å². The van der Waals surface area contributed by atoms with Gasteiger partial charge in [-0.15, -0.1) is 0 Å². The van der Waals surface area contributed by atoms with Gasteiger partial charge in [0.2, 0.25) is 5.91 Å². The Kier molecular flexibility index (Phi) is 4.91. The highest BCUT2D eigenvalue weighted by molar-refractivity contribution is 5.82. The number of fused-ring (bicyclic) bond motifs is 1. The van der Waals surface area contributed by atoms with Crippen LogP contribution in [0.25, 0.3) is 10.9 Å². The van der Waals surface area contributed by atoms with Crippen LogP contribution in [0.5, 0.6) is 0 Å². The maximum Gasteiger partial charge on any atom is 0.275 e. The van der Waals surface area contributed by atoms with Crippen molar-refractivity contribution in [3.05, 3.63) is 69.8 Å². The molecule has 0 spiro atoms. The minimum Gasteiger partial charge on any atom is -0.350 e. The number of hydrogen-bond acceptors (Lipinski definition) is 2. The second kappa shape index (κ2) is 7.02. The number of halogens is 1. The molecule has 0 aliphatic carbocycles. The number of benzene rings is 2. The summed E-state index contributed by atoms with van der Waals surface area (Å²) in [6.07, 6.45) is 0. The van der Waals surface area contributed by atoms with E-state index in [9.17, 15) is 14.0 Å². The average molecular weight is 369 g/mol. The van der Waals surface area contributed by atoms with Crippen molar-refractivity contribution in [1.29, 1.82) is 0 Å². The molecule has 0 unspecified atom stereocenters. The van der Waals surface area contributed by atoms with Crippen LogP contribution < -0.4 is 10.9 Å². The number of carbonyl (C=O) groups is 1. The summed E-state index contributed by atoms with van der Waals surface area (Å²) in [4.78, 5) is 25.3. The van der Waals surface area contributed by atoms with Gasteiger partial charge in [-0.05, 0) is 51.5 Å². The molecule has 3 rings (SSSR count). The third-order valence-electron chi connectivity index (χ3n) is 4.44. The normalized spacial score (nSPS) is 11.7. The maximum absolute atomic E-state index is 13.6. The zero-order valence-corrected chi connectivity index (χ0v) is 16.0. The number of hydrogen-bond donors (Lipinski definition) is 1. The smallest absolute Gasteiger partial charge is 0.275 e. The third-order valence-corrected chi connectivity index (χ3v) is 4.44. The Balaban J connectivity index is 1.90. The number of aromatic nitrogens is 2. The molecule has 1 amide bonds. The monoisotopic (exact) mass is 369 g/mol. The van der Waals surface area contributed by atoms with Crippen LogP contribution in [-0.2, 0) is 23.4 Å².